The second-order valence-corrected chi connectivity index (χ2v) is 9.58. The van der Waals surface area contributed by atoms with Crippen molar-refractivity contribution in [3.63, 3.8) is 0 Å². The highest BCUT2D eigenvalue weighted by atomic mass is 16.2. The molecule has 8 nitrogen and oxygen atoms in total. The van der Waals surface area contributed by atoms with Gasteiger partial charge >= 0.3 is 0 Å². The topological polar surface area (TPSA) is 87.1 Å². The lowest BCUT2D eigenvalue weighted by Crippen LogP contribution is -2.43. The molecule has 2 aromatic rings. The first-order valence-electron chi connectivity index (χ1n) is 12.2. The van der Waals surface area contributed by atoms with Crippen molar-refractivity contribution in [1.29, 1.82) is 0 Å². The first-order valence-corrected chi connectivity index (χ1v) is 12.2. The van der Waals surface area contributed by atoms with Crippen LogP contribution in [0.25, 0.3) is 0 Å². The van der Waals surface area contributed by atoms with Crippen molar-refractivity contribution in [2.75, 3.05) is 13.1 Å². The second-order valence-electron chi connectivity index (χ2n) is 9.58. The maximum atomic E-state index is 13.1. The van der Waals surface area contributed by atoms with E-state index < -0.39 is 0 Å². The van der Waals surface area contributed by atoms with Gasteiger partial charge in [-0.2, -0.15) is 5.10 Å². The highest BCUT2D eigenvalue weighted by Gasteiger charge is 2.32. The monoisotopic (exact) mass is 438 g/mol. The Morgan fingerprint density at radius 2 is 1.97 bits per heavy atom. The van der Waals surface area contributed by atoms with Crippen molar-refractivity contribution in [2.45, 2.75) is 89.9 Å². The zero-order chi connectivity index (χ0) is 22.1. The Morgan fingerprint density at radius 3 is 2.75 bits per heavy atom. The molecular formula is C24H34N6O2. The lowest BCUT2D eigenvalue weighted by atomic mass is 9.99. The number of amides is 1. The van der Waals surface area contributed by atoms with E-state index in [2.05, 4.69) is 15.0 Å². The minimum atomic E-state index is -0.144. The van der Waals surface area contributed by atoms with Crippen molar-refractivity contribution in [1.82, 2.24) is 29.5 Å². The third-order valence-corrected chi connectivity index (χ3v) is 7.57. The molecule has 1 amide bonds. The van der Waals surface area contributed by atoms with Crippen LogP contribution in [0.3, 0.4) is 0 Å². The van der Waals surface area contributed by atoms with Crippen molar-refractivity contribution in [3.05, 3.63) is 45.4 Å². The Bertz CT molecular complexity index is 1020. The average Bonchev–Trinajstić information content (AvgIpc) is 3.49. The van der Waals surface area contributed by atoms with Gasteiger partial charge < -0.3 is 9.88 Å². The van der Waals surface area contributed by atoms with Crippen LogP contribution < -0.4 is 5.56 Å². The molecule has 1 saturated heterocycles. The van der Waals surface area contributed by atoms with Crippen LogP contribution >= 0.6 is 0 Å². The number of piperidine rings is 1. The molecular weight excluding hydrogens is 404 g/mol. The first kappa shape index (κ1) is 21.4. The summed E-state index contributed by atoms with van der Waals surface area (Å²) < 4.78 is 1.87. The van der Waals surface area contributed by atoms with Gasteiger partial charge in [-0.3, -0.25) is 19.2 Å². The van der Waals surface area contributed by atoms with Gasteiger partial charge in [0, 0.05) is 56.1 Å². The summed E-state index contributed by atoms with van der Waals surface area (Å²) in [7, 11) is 0. The maximum Gasteiger partial charge on any atom is 0.254 e. The number of hydrogen-bond acceptors (Lipinski definition) is 5. The van der Waals surface area contributed by atoms with Crippen LogP contribution in [0, 0.1) is 6.92 Å². The van der Waals surface area contributed by atoms with E-state index in [0.717, 1.165) is 62.3 Å². The lowest BCUT2D eigenvalue weighted by molar-refractivity contribution is -0.135. The van der Waals surface area contributed by atoms with E-state index in [1.54, 1.807) is 6.20 Å². The highest BCUT2D eigenvalue weighted by molar-refractivity contribution is 5.76. The molecule has 4 heterocycles. The zero-order valence-electron chi connectivity index (χ0n) is 19.1. The molecule has 8 heteroatoms. The Morgan fingerprint density at radius 1 is 1.16 bits per heavy atom. The van der Waals surface area contributed by atoms with E-state index in [-0.39, 0.29) is 17.5 Å². The van der Waals surface area contributed by atoms with Crippen molar-refractivity contribution >= 4 is 5.91 Å². The number of carbonyl (C=O) groups is 1. The van der Waals surface area contributed by atoms with Crippen molar-refractivity contribution in [3.8, 4) is 0 Å². The fourth-order valence-electron chi connectivity index (χ4n) is 5.71. The van der Waals surface area contributed by atoms with Gasteiger partial charge in [-0.1, -0.05) is 12.8 Å². The SMILES string of the molecule is Cc1ccnn1CCC(=O)N1CCCCC1c1nc2c(c(=O)[nH]1)CCN(C1CCCC1)C2. The molecule has 1 aliphatic carbocycles. The molecule has 2 aliphatic heterocycles. The smallest absolute Gasteiger partial charge is 0.254 e. The quantitative estimate of drug-likeness (QED) is 0.776. The number of aromatic nitrogens is 4. The van der Waals surface area contributed by atoms with Crippen LogP contribution in [0.2, 0.25) is 0 Å². The van der Waals surface area contributed by atoms with Gasteiger partial charge in [-0.25, -0.2) is 4.98 Å². The molecule has 1 N–H and O–H groups in total. The summed E-state index contributed by atoms with van der Waals surface area (Å²) in [6.45, 7) is 5.00. The minimum Gasteiger partial charge on any atom is -0.332 e. The number of fused-ring (bicyclic) bond motifs is 1. The van der Waals surface area contributed by atoms with Gasteiger partial charge in [0.05, 0.1) is 11.7 Å². The van der Waals surface area contributed by atoms with Gasteiger partial charge in [-0.15, -0.1) is 0 Å². The van der Waals surface area contributed by atoms with E-state index in [4.69, 9.17) is 4.98 Å². The fourth-order valence-corrected chi connectivity index (χ4v) is 5.71. The second kappa shape index (κ2) is 9.17. The summed E-state index contributed by atoms with van der Waals surface area (Å²) in [5, 5.41) is 4.29. The number of aromatic amines is 1. The van der Waals surface area contributed by atoms with Crippen LogP contribution in [0.5, 0.6) is 0 Å². The molecule has 1 unspecified atom stereocenters. The molecule has 2 aromatic heterocycles. The van der Waals surface area contributed by atoms with E-state index in [1.165, 1.54) is 25.7 Å². The van der Waals surface area contributed by atoms with Gasteiger partial charge in [0.25, 0.3) is 5.56 Å². The van der Waals surface area contributed by atoms with Gasteiger partial charge in [-0.05, 0) is 51.5 Å². The van der Waals surface area contributed by atoms with Crippen LogP contribution in [0.1, 0.15) is 80.2 Å². The Hall–Kier alpha value is -2.48. The van der Waals surface area contributed by atoms with E-state index in [1.807, 2.05) is 22.6 Å². The van der Waals surface area contributed by atoms with E-state index in [0.29, 0.717) is 24.8 Å². The molecule has 172 valence electrons. The number of rotatable bonds is 5. The third kappa shape index (κ3) is 4.25. The number of H-pyrrole nitrogens is 1. The van der Waals surface area contributed by atoms with Crippen LogP contribution in [-0.4, -0.2) is 54.6 Å². The van der Waals surface area contributed by atoms with Gasteiger partial charge in [0.2, 0.25) is 5.91 Å². The third-order valence-electron chi connectivity index (χ3n) is 7.57. The molecule has 1 saturated carbocycles. The predicted octanol–water partition coefficient (Wildman–Crippen LogP) is 2.72. The zero-order valence-corrected chi connectivity index (χ0v) is 19.1. The average molecular weight is 439 g/mol. The van der Waals surface area contributed by atoms with E-state index in [9.17, 15) is 9.59 Å². The largest absolute Gasteiger partial charge is 0.332 e. The molecule has 3 aliphatic rings. The number of likely N-dealkylation sites (tertiary alicyclic amines) is 1. The molecule has 0 bridgehead atoms. The van der Waals surface area contributed by atoms with Crippen molar-refractivity contribution in [2.24, 2.45) is 0 Å². The van der Waals surface area contributed by atoms with Crippen LogP contribution in [0.4, 0.5) is 0 Å². The standard InChI is InChI=1S/C24H34N6O2/c1-17-9-12-25-30(17)15-11-22(31)29-13-5-4-8-21(29)23-26-20-16-28(18-6-2-3-7-18)14-10-19(20)24(32)27-23/h9,12,18,21H,2-8,10-11,13-16H2,1H3,(H,26,27,32). The fraction of sp³-hybridized carbons (Fsp3) is 0.667. The maximum absolute atomic E-state index is 13.1. The molecule has 32 heavy (non-hydrogen) atoms. The Kier molecular flexibility index (Phi) is 6.13. The summed E-state index contributed by atoms with van der Waals surface area (Å²) >= 11 is 0. The molecule has 2 fully saturated rings. The number of carbonyl (C=O) groups excluding carboxylic acids is 1. The summed E-state index contributed by atoms with van der Waals surface area (Å²) in [5.41, 5.74) is 2.81. The van der Waals surface area contributed by atoms with E-state index >= 15 is 0 Å². The number of aryl methyl sites for hydroxylation is 2. The normalized spacial score (nSPS) is 22.3. The lowest BCUT2D eigenvalue weighted by Gasteiger charge is -2.36. The summed E-state index contributed by atoms with van der Waals surface area (Å²) in [4.78, 5) is 38.5. The summed E-state index contributed by atoms with van der Waals surface area (Å²) in [6.07, 6.45) is 10.9. The van der Waals surface area contributed by atoms with Gasteiger partial charge in [0.15, 0.2) is 0 Å². The molecule has 1 atom stereocenters. The summed E-state index contributed by atoms with van der Waals surface area (Å²) in [5.74, 6) is 0.780. The Balaban J connectivity index is 1.34. The Labute approximate surface area is 189 Å². The predicted molar refractivity (Wildman–Crippen MR) is 121 cm³/mol. The molecule has 0 radical (unpaired) electrons. The molecule has 0 aromatic carbocycles. The molecule has 5 rings (SSSR count). The molecule has 0 spiro atoms. The summed E-state index contributed by atoms with van der Waals surface area (Å²) in [6, 6.07) is 2.44. The highest BCUT2D eigenvalue weighted by Crippen LogP contribution is 2.31. The number of hydrogen-bond donors (Lipinski definition) is 1. The van der Waals surface area contributed by atoms with Crippen molar-refractivity contribution < 1.29 is 4.79 Å². The van der Waals surface area contributed by atoms with Crippen LogP contribution in [0.15, 0.2) is 17.1 Å². The van der Waals surface area contributed by atoms with Gasteiger partial charge in [0.1, 0.15) is 5.82 Å². The number of nitrogens with zero attached hydrogens (tertiary/aromatic N) is 5. The number of nitrogens with one attached hydrogen (secondary N) is 1. The van der Waals surface area contributed by atoms with Crippen LogP contribution in [-0.2, 0) is 24.3 Å². The first-order chi connectivity index (χ1) is 15.6. The minimum absolute atomic E-state index is 0.0128.